The number of rotatable bonds is 5. The molecule has 1 fully saturated rings. The summed E-state index contributed by atoms with van der Waals surface area (Å²) >= 11 is 0. The van der Waals surface area contributed by atoms with Crippen molar-refractivity contribution in [3.63, 3.8) is 0 Å². The molecule has 0 aromatic carbocycles. The van der Waals surface area contributed by atoms with Crippen molar-refractivity contribution >= 4 is 5.97 Å². The van der Waals surface area contributed by atoms with Gasteiger partial charge in [0.15, 0.2) is 0 Å². The van der Waals surface area contributed by atoms with E-state index in [0.717, 1.165) is 6.54 Å². The van der Waals surface area contributed by atoms with Gasteiger partial charge in [0.25, 0.3) is 0 Å². The summed E-state index contributed by atoms with van der Waals surface area (Å²) in [6.45, 7) is 5.90. The molecule has 1 heterocycles. The van der Waals surface area contributed by atoms with Crippen LogP contribution in [0.4, 0.5) is 0 Å². The number of nitrogens with one attached hydrogen (secondary N) is 1. The Bertz CT molecular complexity index is 395. The molecule has 88 valence electrons. The third-order valence-corrected chi connectivity index (χ3v) is 3.37. The van der Waals surface area contributed by atoms with E-state index in [1.165, 1.54) is 18.8 Å². The van der Waals surface area contributed by atoms with Crippen molar-refractivity contribution in [1.82, 2.24) is 5.32 Å². The van der Waals surface area contributed by atoms with E-state index in [1.54, 1.807) is 0 Å². The molecule has 0 saturated heterocycles. The number of carboxylic acids is 1. The first kappa shape index (κ1) is 11.2. The van der Waals surface area contributed by atoms with E-state index in [2.05, 4.69) is 19.2 Å². The fourth-order valence-corrected chi connectivity index (χ4v) is 1.95. The predicted molar refractivity (Wildman–Crippen MR) is 59.3 cm³/mol. The normalized spacial score (nSPS) is 22.0. The zero-order valence-electron chi connectivity index (χ0n) is 9.62. The van der Waals surface area contributed by atoms with Gasteiger partial charge in [0, 0.05) is 0 Å². The standard InChI is InChI=1S/C12H17NO3/c1-12(2)5-8(12)6-13-7-10-9(11(14)15)3-4-16-10/h3-4,8,13H,5-7H2,1-2H3,(H,14,15). The highest BCUT2D eigenvalue weighted by atomic mass is 16.4. The molecule has 1 aliphatic rings. The maximum absolute atomic E-state index is 10.8. The van der Waals surface area contributed by atoms with E-state index < -0.39 is 5.97 Å². The monoisotopic (exact) mass is 223 g/mol. The summed E-state index contributed by atoms with van der Waals surface area (Å²) in [4.78, 5) is 10.8. The quantitative estimate of drug-likeness (QED) is 0.802. The van der Waals surface area contributed by atoms with E-state index in [0.29, 0.717) is 23.6 Å². The molecule has 2 rings (SSSR count). The average molecular weight is 223 g/mol. The van der Waals surface area contributed by atoms with Crippen LogP contribution in [-0.4, -0.2) is 17.6 Å². The third kappa shape index (κ3) is 2.27. The number of carboxylic acid groups (broad SMARTS) is 1. The molecule has 4 heteroatoms. The number of carbonyl (C=O) groups is 1. The highest BCUT2D eigenvalue weighted by Gasteiger charge is 2.44. The van der Waals surface area contributed by atoms with Crippen LogP contribution in [0.1, 0.15) is 36.4 Å². The fourth-order valence-electron chi connectivity index (χ4n) is 1.95. The van der Waals surface area contributed by atoms with Gasteiger partial charge in [-0.3, -0.25) is 0 Å². The summed E-state index contributed by atoms with van der Waals surface area (Å²) in [5.74, 6) is 0.277. The molecular weight excluding hydrogens is 206 g/mol. The molecule has 0 aliphatic heterocycles. The molecule has 1 atom stereocenters. The lowest BCUT2D eigenvalue weighted by Crippen LogP contribution is -2.19. The van der Waals surface area contributed by atoms with Gasteiger partial charge in [0.2, 0.25) is 0 Å². The second kappa shape index (κ2) is 3.94. The Hall–Kier alpha value is -1.29. The van der Waals surface area contributed by atoms with E-state index in [9.17, 15) is 4.79 Å². The van der Waals surface area contributed by atoms with Crippen molar-refractivity contribution in [2.75, 3.05) is 6.54 Å². The van der Waals surface area contributed by atoms with Crippen molar-refractivity contribution in [2.24, 2.45) is 11.3 Å². The lowest BCUT2D eigenvalue weighted by molar-refractivity contribution is 0.0694. The second-order valence-electron chi connectivity index (χ2n) is 5.08. The maximum Gasteiger partial charge on any atom is 0.339 e. The van der Waals surface area contributed by atoms with E-state index in [4.69, 9.17) is 9.52 Å². The van der Waals surface area contributed by atoms with Crippen molar-refractivity contribution in [1.29, 1.82) is 0 Å². The summed E-state index contributed by atoms with van der Waals surface area (Å²) in [6.07, 6.45) is 2.66. The summed E-state index contributed by atoms with van der Waals surface area (Å²) in [5.41, 5.74) is 0.703. The summed E-state index contributed by atoms with van der Waals surface area (Å²) in [5, 5.41) is 12.1. The van der Waals surface area contributed by atoms with Gasteiger partial charge in [0.1, 0.15) is 11.3 Å². The van der Waals surface area contributed by atoms with Crippen LogP contribution in [-0.2, 0) is 6.54 Å². The van der Waals surface area contributed by atoms with E-state index in [-0.39, 0.29) is 5.56 Å². The second-order valence-corrected chi connectivity index (χ2v) is 5.08. The zero-order valence-corrected chi connectivity index (χ0v) is 9.62. The fraction of sp³-hybridized carbons (Fsp3) is 0.583. The molecule has 1 saturated carbocycles. The zero-order chi connectivity index (χ0) is 11.8. The van der Waals surface area contributed by atoms with Crippen LogP contribution in [0.5, 0.6) is 0 Å². The smallest absolute Gasteiger partial charge is 0.339 e. The minimum atomic E-state index is -0.933. The number of hydrogen-bond donors (Lipinski definition) is 2. The van der Waals surface area contributed by atoms with Crippen LogP contribution in [0.3, 0.4) is 0 Å². The third-order valence-electron chi connectivity index (χ3n) is 3.37. The first-order valence-corrected chi connectivity index (χ1v) is 5.51. The van der Waals surface area contributed by atoms with Crippen molar-refractivity contribution in [2.45, 2.75) is 26.8 Å². The molecule has 0 radical (unpaired) electrons. The van der Waals surface area contributed by atoms with Gasteiger partial charge in [-0.05, 0) is 30.4 Å². The van der Waals surface area contributed by atoms with Gasteiger partial charge in [-0.2, -0.15) is 0 Å². The number of aromatic carboxylic acids is 1. The maximum atomic E-state index is 10.8. The summed E-state index contributed by atoms with van der Waals surface area (Å²) < 4.78 is 5.14. The Kier molecular flexibility index (Phi) is 2.76. The van der Waals surface area contributed by atoms with Gasteiger partial charge in [-0.25, -0.2) is 4.79 Å². The molecule has 1 unspecified atom stereocenters. The Labute approximate surface area is 94.6 Å². The van der Waals surface area contributed by atoms with Gasteiger partial charge in [0.05, 0.1) is 12.8 Å². The first-order chi connectivity index (χ1) is 7.50. The molecule has 1 aliphatic carbocycles. The topological polar surface area (TPSA) is 62.5 Å². The van der Waals surface area contributed by atoms with Crippen molar-refractivity contribution < 1.29 is 14.3 Å². The summed E-state index contributed by atoms with van der Waals surface area (Å²) in [6, 6.07) is 1.49. The molecule has 0 spiro atoms. The summed E-state index contributed by atoms with van der Waals surface area (Å²) in [7, 11) is 0. The van der Waals surface area contributed by atoms with Crippen LogP contribution >= 0.6 is 0 Å². The Morgan fingerprint density at radius 3 is 2.94 bits per heavy atom. The number of furan rings is 1. The van der Waals surface area contributed by atoms with Crippen LogP contribution in [0.2, 0.25) is 0 Å². The molecule has 1 aromatic heterocycles. The molecule has 0 amide bonds. The van der Waals surface area contributed by atoms with Crippen molar-refractivity contribution in [3.8, 4) is 0 Å². The molecule has 0 bridgehead atoms. The Morgan fingerprint density at radius 2 is 2.38 bits per heavy atom. The molecule has 1 aromatic rings. The van der Waals surface area contributed by atoms with E-state index >= 15 is 0 Å². The minimum absolute atomic E-state index is 0.252. The Balaban J connectivity index is 1.81. The van der Waals surface area contributed by atoms with Gasteiger partial charge >= 0.3 is 5.97 Å². The molecule has 2 N–H and O–H groups in total. The van der Waals surface area contributed by atoms with Gasteiger partial charge in [-0.1, -0.05) is 13.8 Å². The van der Waals surface area contributed by atoms with Crippen LogP contribution in [0.25, 0.3) is 0 Å². The van der Waals surface area contributed by atoms with Gasteiger partial charge in [-0.15, -0.1) is 0 Å². The number of hydrogen-bond acceptors (Lipinski definition) is 3. The highest BCUT2D eigenvalue weighted by Crippen LogP contribution is 2.50. The van der Waals surface area contributed by atoms with Crippen LogP contribution in [0.15, 0.2) is 16.7 Å². The average Bonchev–Trinajstić information content (AvgIpc) is 2.64. The Morgan fingerprint density at radius 1 is 1.69 bits per heavy atom. The SMILES string of the molecule is CC1(C)CC1CNCc1occc1C(=O)O. The molecule has 16 heavy (non-hydrogen) atoms. The highest BCUT2D eigenvalue weighted by molar-refractivity contribution is 5.88. The van der Waals surface area contributed by atoms with Crippen LogP contribution in [0, 0.1) is 11.3 Å². The van der Waals surface area contributed by atoms with E-state index in [1.807, 2.05) is 0 Å². The first-order valence-electron chi connectivity index (χ1n) is 5.51. The molecule has 4 nitrogen and oxygen atoms in total. The lowest BCUT2D eigenvalue weighted by atomic mass is 10.1. The molecular formula is C12H17NO3. The predicted octanol–water partition coefficient (Wildman–Crippen LogP) is 2.11. The lowest BCUT2D eigenvalue weighted by Gasteiger charge is -2.05. The minimum Gasteiger partial charge on any atom is -0.478 e. The largest absolute Gasteiger partial charge is 0.478 e. The van der Waals surface area contributed by atoms with Crippen LogP contribution < -0.4 is 5.32 Å². The van der Waals surface area contributed by atoms with Gasteiger partial charge < -0.3 is 14.8 Å². The van der Waals surface area contributed by atoms with Crippen molar-refractivity contribution in [3.05, 3.63) is 23.7 Å².